The minimum atomic E-state index is -0.921. The Morgan fingerprint density at radius 1 is 1.40 bits per heavy atom. The highest BCUT2D eigenvalue weighted by atomic mass is 79.9. The van der Waals surface area contributed by atoms with Crippen LogP contribution in [0, 0.1) is 0 Å². The average molecular weight is 343 g/mol. The quantitative estimate of drug-likeness (QED) is 0.774. The van der Waals surface area contributed by atoms with E-state index in [1.54, 1.807) is 0 Å². The molecule has 0 spiro atoms. The second-order valence-corrected chi connectivity index (χ2v) is 5.93. The highest BCUT2D eigenvalue weighted by molar-refractivity contribution is 9.10. The number of pyridine rings is 1. The van der Waals surface area contributed by atoms with E-state index < -0.39 is 11.5 Å². The van der Waals surface area contributed by atoms with Crippen molar-refractivity contribution in [2.24, 2.45) is 0 Å². The number of aromatic amines is 1. The summed E-state index contributed by atoms with van der Waals surface area (Å²) in [5.41, 5.74) is -0.693. The van der Waals surface area contributed by atoms with E-state index in [0.29, 0.717) is 18.4 Å². The third-order valence-corrected chi connectivity index (χ3v) is 4.14. The van der Waals surface area contributed by atoms with Crippen LogP contribution < -0.4 is 10.9 Å². The normalized spacial score (nSPS) is 16.9. The number of aromatic nitrogens is 1. The number of hydrogen-bond acceptors (Lipinski definition) is 3. The number of carbonyl (C=O) groups is 2. The number of carboxylic acid groups (broad SMARTS) is 1. The predicted molar refractivity (Wildman–Crippen MR) is 75.7 cm³/mol. The minimum absolute atomic E-state index is 0.0801. The number of nitrogens with one attached hydrogen (secondary N) is 2. The lowest BCUT2D eigenvalue weighted by Gasteiger charge is -2.28. The van der Waals surface area contributed by atoms with Crippen molar-refractivity contribution in [1.29, 1.82) is 0 Å². The maximum absolute atomic E-state index is 12.2. The number of aliphatic carboxylic acids is 1. The molecule has 1 saturated carbocycles. The Kier molecular flexibility index (Phi) is 4.27. The van der Waals surface area contributed by atoms with E-state index >= 15 is 0 Å². The van der Waals surface area contributed by atoms with Gasteiger partial charge in [-0.2, -0.15) is 0 Å². The van der Waals surface area contributed by atoms with Gasteiger partial charge >= 0.3 is 5.97 Å². The first-order valence-corrected chi connectivity index (χ1v) is 7.14. The summed E-state index contributed by atoms with van der Waals surface area (Å²) < 4.78 is 0.267. The number of halogens is 1. The van der Waals surface area contributed by atoms with Crippen LogP contribution in [0.4, 0.5) is 0 Å². The number of amides is 1. The molecule has 3 N–H and O–H groups in total. The average Bonchev–Trinajstić information content (AvgIpc) is 2.79. The van der Waals surface area contributed by atoms with Gasteiger partial charge in [0.1, 0.15) is 0 Å². The summed E-state index contributed by atoms with van der Waals surface area (Å²) in [5.74, 6) is -1.29. The first-order valence-electron chi connectivity index (χ1n) is 6.34. The predicted octanol–water partition coefficient (Wildman–Crippen LogP) is 1.65. The zero-order chi connectivity index (χ0) is 14.8. The standard InChI is InChI=1S/C13H15BrN2O4/c14-9-5-8(7-15-12(9)20)11(19)16-13(6-10(17)18)3-1-2-4-13/h5,7H,1-4,6H2,(H,15,20)(H,16,19)(H,17,18). The van der Waals surface area contributed by atoms with Crippen LogP contribution in [-0.4, -0.2) is 27.5 Å². The van der Waals surface area contributed by atoms with Crippen molar-refractivity contribution in [3.8, 4) is 0 Å². The van der Waals surface area contributed by atoms with Gasteiger partial charge in [-0.25, -0.2) is 0 Å². The van der Waals surface area contributed by atoms with Gasteiger partial charge in [0, 0.05) is 6.20 Å². The smallest absolute Gasteiger partial charge is 0.305 e. The molecular formula is C13H15BrN2O4. The summed E-state index contributed by atoms with van der Waals surface area (Å²) in [7, 11) is 0. The summed E-state index contributed by atoms with van der Waals surface area (Å²) in [5, 5.41) is 11.8. The molecule has 6 nitrogen and oxygen atoms in total. The fourth-order valence-corrected chi connectivity index (χ4v) is 2.95. The number of hydrogen-bond donors (Lipinski definition) is 3. The van der Waals surface area contributed by atoms with Gasteiger partial charge in [0.25, 0.3) is 11.5 Å². The number of rotatable bonds is 4. The third kappa shape index (κ3) is 3.27. The molecule has 1 amide bonds. The number of carboxylic acids is 1. The van der Waals surface area contributed by atoms with Crippen LogP contribution in [0.5, 0.6) is 0 Å². The Labute approximate surface area is 123 Å². The SMILES string of the molecule is O=C(O)CC1(NC(=O)c2c[nH]c(=O)c(Br)c2)CCCC1. The fourth-order valence-electron chi connectivity index (χ4n) is 2.59. The zero-order valence-corrected chi connectivity index (χ0v) is 12.3. The summed E-state index contributed by atoms with van der Waals surface area (Å²) in [4.78, 5) is 36.9. The Morgan fingerprint density at radius 3 is 2.60 bits per heavy atom. The van der Waals surface area contributed by atoms with Gasteiger partial charge in [-0.1, -0.05) is 12.8 Å². The lowest BCUT2D eigenvalue weighted by molar-refractivity contribution is -0.138. The van der Waals surface area contributed by atoms with Crippen LogP contribution in [-0.2, 0) is 4.79 Å². The van der Waals surface area contributed by atoms with Gasteiger partial charge in [0.15, 0.2) is 0 Å². The molecule has 0 saturated heterocycles. The maximum atomic E-state index is 12.2. The Morgan fingerprint density at radius 2 is 2.05 bits per heavy atom. The second-order valence-electron chi connectivity index (χ2n) is 5.08. The number of H-pyrrole nitrogens is 1. The third-order valence-electron chi connectivity index (χ3n) is 3.55. The molecular weight excluding hydrogens is 328 g/mol. The van der Waals surface area contributed by atoms with Crippen molar-refractivity contribution in [3.05, 3.63) is 32.7 Å². The molecule has 0 bridgehead atoms. The van der Waals surface area contributed by atoms with Crippen molar-refractivity contribution >= 4 is 27.8 Å². The minimum Gasteiger partial charge on any atom is -0.481 e. The van der Waals surface area contributed by atoms with E-state index in [2.05, 4.69) is 26.2 Å². The molecule has 20 heavy (non-hydrogen) atoms. The summed E-state index contributed by atoms with van der Waals surface area (Å²) in [6, 6.07) is 1.43. The van der Waals surface area contributed by atoms with Crippen LogP contribution in [0.3, 0.4) is 0 Å². The van der Waals surface area contributed by atoms with Crippen LogP contribution in [0.2, 0.25) is 0 Å². The monoisotopic (exact) mass is 342 g/mol. The molecule has 1 aromatic heterocycles. The number of carbonyl (C=O) groups excluding carboxylic acids is 1. The van der Waals surface area contributed by atoms with Gasteiger partial charge in [-0.3, -0.25) is 14.4 Å². The van der Waals surface area contributed by atoms with Gasteiger partial charge < -0.3 is 15.4 Å². The first-order chi connectivity index (χ1) is 9.42. The lowest BCUT2D eigenvalue weighted by Crippen LogP contribution is -2.47. The van der Waals surface area contributed by atoms with E-state index in [1.165, 1.54) is 12.3 Å². The van der Waals surface area contributed by atoms with Gasteiger partial charge in [0.05, 0.1) is 22.0 Å². The Hall–Kier alpha value is -1.63. The van der Waals surface area contributed by atoms with E-state index in [0.717, 1.165) is 12.8 Å². The van der Waals surface area contributed by atoms with Crippen LogP contribution in [0.15, 0.2) is 21.5 Å². The molecule has 0 atom stereocenters. The van der Waals surface area contributed by atoms with Crippen molar-refractivity contribution in [3.63, 3.8) is 0 Å². The van der Waals surface area contributed by atoms with Crippen LogP contribution in [0.25, 0.3) is 0 Å². The van der Waals surface area contributed by atoms with Crippen molar-refractivity contribution in [2.75, 3.05) is 0 Å². The molecule has 7 heteroatoms. The largest absolute Gasteiger partial charge is 0.481 e. The lowest BCUT2D eigenvalue weighted by atomic mass is 9.93. The summed E-state index contributed by atoms with van der Waals surface area (Å²) in [6.45, 7) is 0. The first kappa shape index (κ1) is 14.8. The molecule has 108 valence electrons. The molecule has 1 aliphatic rings. The molecule has 0 aromatic carbocycles. The molecule has 1 aliphatic carbocycles. The van der Waals surface area contributed by atoms with Crippen molar-refractivity contribution in [1.82, 2.24) is 10.3 Å². The van der Waals surface area contributed by atoms with Crippen LogP contribution in [0.1, 0.15) is 42.5 Å². The highest BCUT2D eigenvalue weighted by Crippen LogP contribution is 2.32. The molecule has 1 aromatic rings. The molecule has 0 radical (unpaired) electrons. The molecule has 1 fully saturated rings. The van der Waals surface area contributed by atoms with E-state index in [9.17, 15) is 14.4 Å². The van der Waals surface area contributed by atoms with Crippen molar-refractivity contribution < 1.29 is 14.7 Å². The summed E-state index contributed by atoms with van der Waals surface area (Å²) >= 11 is 3.06. The highest BCUT2D eigenvalue weighted by Gasteiger charge is 2.37. The van der Waals surface area contributed by atoms with Gasteiger partial charge in [-0.15, -0.1) is 0 Å². The second kappa shape index (κ2) is 5.78. The van der Waals surface area contributed by atoms with Crippen molar-refractivity contribution in [2.45, 2.75) is 37.6 Å². The van der Waals surface area contributed by atoms with E-state index in [1.807, 2.05) is 0 Å². The van der Waals surface area contributed by atoms with E-state index in [-0.39, 0.29) is 22.4 Å². The molecule has 0 unspecified atom stereocenters. The molecule has 1 heterocycles. The fraction of sp³-hybridized carbons (Fsp3) is 0.462. The molecule has 2 rings (SSSR count). The van der Waals surface area contributed by atoms with E-state index in [4.69, 9.17) is 5.11 Å². The Bertz CT molecular complexity index is 590. The Balaban J connectivity index is 2.18. The maximum Gasteiger partial charge on any atom is 0.305 e. The van der Waals surface area contributed by atoms with Crippen LogP contribution >= 0.6 is 15.9 Å². The topological polar surface area (TPSA) is 99.3 Å². The zero-order valence-electron chi connectivity index (χ0n) is 10.7. The summed E-state index contributed by atoms with van der Waals surface area (Å²) in [6.07, 6.45) is 4.38. The van der Waals surface area contributed by atoms with Gasteiger partial charge in [0.2, 0.25) is 0 Å². The van der Waals surface area contributed by atoms with Gasteiger partial charge in [-0.05, 0) is 34.8 Å². The molecule has 0 aliphatic heterocycles.